The maximum absolute atomic E-state index is 10.9. The summed E-state index contributed by atoms with van der Waals surface area (Å²) in [6.45, 7) is 2.08. The van der Waals surface area contributed by atoms with Crippen LogP contribution in [0, 0.1) is 5.92 Å². The number of nitrogens with one attached hydrogen (secondary N) is 1. The fourth-order valence-corrected chi connectivity index (χ4v) is 1.54. The van der Waals surface area contributed by atoms with Crippen LogP contribution < -0.4 is 5.32 Å². The lowest BCUT2D eigenvalue weighted by Gasteiger charge is -2.25. The highest BCUT2D eigenvalue weighted by atomic mass is 35.5. The van der Waals surface area contributed by atoms with Crippen LogP contribution >= 0.6 is 11.6 Å². The molecule has 0 bridgehead atoms. The molecular weight excluding hydrogens is 150 g/mol. The molecule has 1 heterocycles. The molecule has 0 spiro atoms. The highest BCUT2D eigenvalue weighted by Gasteiger charge is 2.22. The van der Waals surface area contributed by atoms with Gasteiger partial charge >= 0.3 is 0 Å². The minimum Gasteiger partial charge on any atom is -0.352 e. The van der Waals surface area contributed by atoms with Crippen LogP contribution in [0.4, 0.5) is 0 Å². The molecule has 1 aliphatic heterocycles. The van der Waals surface area contributed by atoms with Crippen molar-refractivity contribution in [1.29, 1.82) is 0 Å². The zero-order valence-corrected chi connectivity index (χ0v) is 6.82. The van der Waals surface area contributed by atoms with E-state index in [1.54, 1.807) is 0 Å². The molecular formula is C7H12ClNO. The van der Waals surface area contributed by atoms with Crippen molar-refractivity contribution in [2.75, 3.05) is 5.88 Å². The molecule has 0 aromatic rings. The predicted molar refractivity (Wildman–Crippen MR) is 41.0 cm³/mol. The van der Waals surface area contributed by atoms with Crippen molar-refractivity contribution in [3.05, 3.63) is 0 Å². The summed E-state index contributed by atoms with van der Waals surface area (Å²) in [5.41, 5.74) is 0. The summed E-state index contributed by atoms with van der Waals surface area (Å²) < 4.78 is 0. The Labute approximate surface area is 65.9 Å². The zero-order chi connectivity index (χ0) is 7.56. The molecule has 1 saturated heterocycles. The van der Waals surface area contributed by atoms with Crippen molar-refractivity contribution in [3.63, 3.8) is 0 Å². The van der Waals surface area contributed by atoms with Gasteiger partial charge in [-0.3, -0.25) is 4.79 Å². The van der Waals surface area contributed by atoms with Gasteiger partial charge in [-0.1, -0.05) is 6.92 Å². The molecule has 0 radical (unpaired) electrons. The molecule has 10 heavy (non-hydrogen) atoms. The number of alkyl halides is 1. The largest absolute Gasteiger partial charge is 0.352 e. The molecule has 1 fully saturated rings. The van der Waals surface area contributed by atoms with Gasteiger partial charge in [-0.05, 0) is 12.3 Å². The molecule has 2 nitrogen and oxygen atoms in total. The van der Waals surface area contributed by atoms with E-state index in [-0.39, 0.29) is 11.9 Å². The summed E-state index contributed by atoms with van der Waals surface area (Å²) in [4.78, 5) is 10.9. The minimum atomic E-state index is 0.143. The molecule has 1 N–H and O–H groups in total. The third kappa shape index (κ3) is 1.87. The van der Waals surface area contributed by atoms with Crippen molar-refractivity contribution in [3.8, 4) is 0 Å². The Balaban J connectivity index is 2.42. The van der Waals surface area contributed by atoms with Crippen LogP contribution in [0.25, 0.3) is 0 Å². The van der Waals surface area contributed by atoms with Crippen LogP contribution in [-0.4, -0.2) is 17.8 Å². The topological polar surface area (TPSA) is 29.1 Å². The van der Waals surface area contributed by atoms with Crippen LogP contribution in [0.15, 0.2) is 0 Å². The van der Waals surface area contributed by atoms with Gasteiger partial charge in [0.1, 0.15) is 0 Å². The minimum absolute atomic E-state index is 0.143. The Morgan fingerprint density at radius 1 is 1.80 bits per heavy atom. The molecule has 0 saturated carbocycles. The van der Waals surface area contributed by atoms with E-state index in [0.29, 0.717) is 18.2 Å². The van der Waals surface area contributed by atoms with Crippen molar-refractivity contribution < 1.29 is 4.79 Å². The third-order valence-corrected chi connectivity index (χ3v) is 2.14. The Bertz CT molecular complexity index is 138. The summed E-state index contributed by atoms with van der Waals surface area (Å²) in [5.74, 6) is 1.18. The van der Waals surface area contributed by atoms with Crippen molar-refractivity contribution in [2.24, 2.45) is 5.92 Å². The number of hydrogen-bond donors (Lipinski definition) is 1. The van der Waals surface area contributed by atoms with Crippen molar-refractivity contribution in [1.82, 2.24) is 5.32 Å². The summed E-state index contributed by atoms with van der Waals surface area (Å²) in [6.07, 6.45) is 1.68. The molecule has 58 valence electrons. The molecule has 1 aliphatic rings. The van der Waals surface area contributed by atoms with Gasteiger partial charge < -0.3 is 5.32 Å². The van der Waals surface area contributed by atoms with E-state index in [2.05, 4.69) is 12.2 Å². The van der Waals surface area contributed by atoms with Gasteiger partial charge in [-0.2, -0.15) is 0 Å². The fraction of sp³-hybridized carbons (Fsp3) is 0.857. The second-order valence-electron chi connectivity index (χ2n) is 2.96. The van der Waals surface area contributed by atoms with E-state index in [4.69, 9.17) is 11.6 Å². The first-order chi connectivity index (χ1) is 4.72. The normalized spacial score (nSPS) is 33.6. The summed E-state index contributed by atoms with van der Waals surface area (Å²) in [7, 11) is 0. The highest BCUT2D eigenvalue weighted by molar-refractivity contribution is 6.18. The first-order valence-electron chi connectivity index (χ1n) is 3.57. The average molecular weight is 162 g/mol. The Morgan fingerprint density at radius 3 is 3.00 bits per heavy atom. The first kappa shape index (κ1) is 7.86. The number of halogens is 1. The summed E-state index contributed by atoms with van der Waals surface area (Å²) in [6, 6.07) is 0.206. The quantitative estimate of drug-likeness (QED) is 0.575. The van der Waals surface area contributed by atoms with Gasteiger partial charge in [0.2, 0.25) is 5.91 Å². The van der Waals surface area contributed by atoms with Gasteiger partial charge in [-0.25, -0.2) is 0 Å². The van der Waals surface area contributed by atoms with E-state index >= 15 is 0 Å². The van der Waals surface area contributed by atoms with Gasteiger partial charge in [0.05, 0.1) is 0 Å². The third-order valence-electron chi connectivity index (χ3n) is 1.77. The van der Waals surface area contributed by atoms with Gasteiger partial charge in [0, 0.05) is 18.3 Å². The number of carbonyl (C=O) groups excluding carboxylic acids is 1. The van der Waals surface area contributed by atoms with Crippen LogP contribution in [0.2, 0.25) is 0 Å². The molecule has 2 atom stereocenters. The van der Waals surface area contributed by atoms with Crippen molar-refractivity contribution in [2.45, 2.75) is 25.8 Å². The van der Waals surface area contributed by atoms with E-state index in [9.17, 15) is 4.79 Å². The number of hydrogen-bond acceptors (Lipinski definition) is 1. The monoisotopic (exact) mass is 161 g/mol. The average Bonchev–Trinajstić information content (AvgIpc) is 1.85. The molecule has 3 heteroatoms. The summed E-state index contributed by atoms with van der Waals surface area (Å²) in [5, 5.41) is 2.83. The SMILES string of the molecule is CC1CC(=O)NC(CCl)C1. The second kappa shape index (κ2) is 3.24. The molecule has 1 rings (SSSR count). The lowest BCUT2D eigenvalue weighted by molar-refractivity contribution is -0.124. The molecule has 0 aromatic heterocycles. The Hall–Kier alpha value is -0.240. The number of amides is 1. The standard InChI is InChI=1S/C7H12ClNO/c1-5-2-6(4-8)9-7(10)3-5/h5-6H,2-4H2,1H3,(H,9,10). The smallest absolute Gasteiger partial charge is 0.220 e. The Kier molecular flexibility index (Phi) is 2.55. The van der Waals surface area contributed by atoms with Crippen LogP contribution in [0.3, 0.4) is 0 Å². The second-order valence-corrected chi connectivity index (χ2v) is 3.27. The van der Waals surface area contributed by atoms with Crippen LogP contribution in [0.1, 0.15) is 19.8 Å². The van der Waals surface area contributed by atoms with E-state index in [1.807, 2.05) is 0 Å². The lowest BCUT2D eigenvalue weighted by atomic mass is 9.95. The molecule has 2 unspecified atom stereocenters. The van der Waals surface area contributed by atoms with Crippen LogP contribution in [-0.2, 0) is 4.79 Å². The molecule has 1 amide bonds. The lowest BCUT2D eigenvalue weighted by Crippen LogP contribution is -2.42. The van der Waals surface area contributed by atoms with E-state index in [1.165, 1.54) is 0 Å². The number of piperidine rings is 1. The maximum Gasteiger partial charge on any atom is 0.220 e. The van der Waals surface area contributed by atoms with Crippen molar-refractivity contribution >= 4 is 17.5 Å². The maximum atomic E-state index is 10.9. The summed E-state index contributed by atoms with van der Waals surface area (Å²) >= 11 is 5.60. The first-order valence-corrected chi connectivity index (χ1v) is 4.11. The van der Waals surface area contributed by atoms with Gasteiger partial charge in [0.15, 0.2) is 0 Å². The highest BCUT2D eigenvalue weighted by Crippen LogP contribution is 2.16. The van der Waals surface area contributed by atoms with E-state index < -0.39 is 0 Å². The molecule has 0 aliphatic carbocycles. The molecule has 0 aromatic carbocycles. The number of carbonyl (C=O) groups is 1. The van der Waals surface area contributed by atoms with Gasteiger partial charge in [-0.15, -0.1) is 11.6 Å². The van der Waals surface area contributed by atoms with Gasteiger partial charge in [0.25, 0.3) is 0 Å². The zero-order valence-electron chi connectivity index (χ0n) is 6.06. The fourth-order valence-electron chi connectivity index (χ4n) is 1.33. The Morgan fingerprint density at radius 2 is 2.50 bits per heavy atom. The van der Waals surface area contributed by atoms with E-state index in [0.717, 1.165) is 6.42 Å². The number of rotatable bonds is 1. The predicted octanol–water partition coefficient (Wildman–Crippen LogP) is 1.14. The van der Waals surface area contributed by atoms with Crippen LogP contribution in [0.5, 0.6) is 0 Å².